The van der Waals surface area contributed by atoms with Gasteiger partial charge in [-0.1, -0.05) is 48.7 Å². The monoisotopic (exact) mass is 284 g/mol. The van der Waals surface area contributed by atoms with E-state index in [-0.39, 0.29) is 11.5 Å². The minimum atomic E-state index is -0.346. The maximum absolute atomic E-state index is 9.88. The van der Waals surface area contributed by atoms with E-state index in [9.17, 15) is 5.11 Å². The zero-order valence-electron chi connectivity index (χ0n) is 10.7. The highest BCUT2D eigenvalue weighted by molar-refractivity contribution is 6.33. The molecule has 0 fully saturated rings. The molecule has 0 aromatic heterocycles. The van der Waals surface area contributed by atoms with Crippen molar-refractivity contribution in [2.45, 2.75) is 39.2 Å². The zero-order chi connectivity index (χ0) is 13.3. The van der Waals surface area contributed by atoms with Gasteiger partial charge in [0.15, 0.2) is 0 Å². The molecule has 0 spiro atoms. The third-order valence-electron chi connectivity index (χ3n) is 3.32. The van der Waals surface area contributed by atoms with Crippen molar-refractivity contribution in [3.63, 3.8) is 0 Å². The van der Waals surface area contributed by atoms with Crippen molar-refractivity contribution < 1.29 is 5.11 Å². The Balaban J connectivity index is 2.21. The lowest BCUT2D eigenvalue weighted by Gasteiger charge is -2.32. The first-order valence-electron chi connectivity index (χ1n) is 6.17. The van der Waals surface area contributed by atoms with E-state index in [2.05, 4.69) is 13.8 Å². The Morgan fingerprint density at radius 1 is 1.33 bits per heavy atom. The van der Waals surface area contributed by atoms with Crippen molar-refractivity contribution in [3.8, 4) is 0 Å². The minimum absolute atomic E-state index is 0.147. The van der Waals surface area contributed by atoms with E-state index in [1.165, 1.54) is 5.57 Å². The first-order valence-corrected chi connectivity index (χ1v) is 6.93. The predicted molar refractivity (Wildman–Crippen MR) is 77.3 cm³/mol. The summed E-state index contributed by atoms with van der Waals surface area (Å²) in [6, 6.07) is 5.52. The van der Waals surface area contributed by atoms with E-state index >= 15 is 0 Å². The van der Waals surface area contributed by atoms with Crippen LogP contribution in [0.15, 0.2) is 29.8 Å². The van der Waals surface area contributed by atoms with Crippen LogP contribution in [0.2, 0.25) is 10.0 Å². The zero-order valence-corrected chi connectivity index (χ0v) is 12.2. The molecule has 0 heterocycles. The second-order valence-corrected chi connectivity index (χ2v) is 6.69. The molecule has 1 N–H and O–H groups in total. The van der Waals surface area contributed by atoms with E-state index in [1.54, 1.807) is 6.07 Å². The molecular weight excluding hydrogens is 267 g/mol. The lowest BCUT2D eigenvalue weighted by Crippen LogP contribution is -2.25. The van der Waals surface area contributed by atoms with Gasteiger partial charge in [0.25, 0.3) is 0 Å². The van der Waals surface area contributed by atoms with Gasteiger partial charge in [0, 0.05) is 10.0 Å². The van der Waals surface area contributed by atoms with Gasteiger partial charge in [-0.3, -0.25) is 0 Å². The van der Waals surface area contributed by atoms with Gasteiger partial charge in [0.05, 0.1) is 6.10 Å². The number of aliphatic hydroxyl groups is 1. The molecule has 0 bridgehead atoms. The van der Waals surface area contributed by atoms with Crippen LogP contribution < -0.4 is 0 Å². The predicted octanol–water partition coefficient (Wildman–Crippen LogP) is 4.64. The molecular formula is C15H18Cl2O. The normalized spacial score (nSPS) is 22.7. The second-order valence-electron chi connectivity index (χ2n) is 5.85. The summed E-state index contributed by atoms with van der Waals surface area (Å²) in [6.07, 6.45) is 4.19. The molecule has 1 atom stereocenters. The standard InChI is InChI=1S/C15H18Cl2O/c1-15(2)8-10(6-13(18)9-15)5-11-7-12(16)3-4-14(11)17/h3-4,6-7,13,18H,5,8-9H2,1-2H3. The first-order chi connectivity index (χ1) is 8.35. The molecule has 2 rings (SSSR count). The fraction of sp³-hybridized carbons (Fsp3) is 0.467. The molecule has 0 aliphatic heterocycles. The van der Waals surface area contributed by atoms with Crippen LogP contribution in [0, 0.1) is 5.41 Å². The summed E-state index contributed by atoms with van der Waals surface area (Å²) in [7, 11) is 0. The summed E-state index contributed by atoms with van der Waals surface area (Å²) in [5.74, 6) is 0. The topological polar surface area (TPSA) is 20.2 Å². The molecule has 1 aromatic rings. The quantitative estimate of drug-likeness (QED) is 0.785. The van der Waals surface area contributed by atoms with E-state index < -0.39 is 0 Å². The van der Waals surface area contributed by atoms with Crippen LogP contribution in [-0.4, -0.2) is 11.2 Å². The third-order valence-corrected chi connectivity index (χ3v) is 3.92. The van der Waals surface area contributed by atoms with Gasteiger partial charge in [0.2, 0.25) is 0 Å². The van der Waals surface area contributed by atoms with Crippen LogP contribution in [0.25, 0.3) is 0 Å². The number of halogens is 2. The number of aliphatic hydroxyl groups excluding tert-OH is 1. The Hall–Kier alpha value is -0.500. The van der Waals surface area contributed by atoms with E-state index in [1.807, 2.05) is 18.2 Å². The highest BCUT2D eigenvalue weighted by Gasteiger charge is 2.27. The number of hydrogen-bond acceptors (Lipinski definition) is 1. The molecule has 0 saturated heterocycles. The number of rotatable bonds is 2. The van der Waals surface area contributed by atoms with Crippen LogP contribution in [0.3, 0.4) is 0 Å². The molecule has 1 aliphatic carbocycles. The van der Waals surface area contributed by atoms with E-state index in [0.717, 1.165) is 29.8 Å². The molecule has 1 aliphatic rings. The largest absolute Gasteiger partial charge is 0.389 e. The molecule has 18 heavy (non-hydrogen) atoms. The highest BCUT2D eigenvalue weighted by Crippen LogP contribution is 2.37. The van der Waals surface area contributed by atoms with Crippen molar-refractivity contribution in [2.75, 3.05) is 0 Å². The van der Waals surface area contributed by atoms with Gasteiger partial charge in [-0.25, -0.2) is 0 Å². The van der Waals surface area contributed by atoms with Crippen LogP contribution >= 0.6 is 23.2 Å². The van der Waals surface area contributed by atoms with Crippen LogP contribution in [0.1, 0.15) is 32.3 Å². The molecule has 1 unspecified atom stereocenters. The summed E-state index contributed by atoms with van der Waals surface area (Å²) in [6.45, 7) is 4.37. The number of allylic oxidation sites excluding steroid dienone is 1. The highest BCUT2D eigenvalue weighted by atomic mass is 35.5. The maximum atomic E-state index is 9.88. The average molecular weight is 285 g/mol. The van der Waals surface area contributed by atoms with Gasteiger partial charge in [-0.2, -0.15) is 0 Å². The minimum Gasteiger partial charge on any atom is -0.389 e. The van der Waals surface area contributed by atoms with Gasteiger partial charge in [0.1, 0.15) is 0 Å². The fourth-order valence-corrected chi connectivity index (χ4v) is 3.07. The van der Waals surface area contributed by atoms with E-state index in [0.29, 0.717) is 5.02 Å². The van der Waals surface area contributed by atoms with Crippen molar-refractivity contribution >= 4 is 23.2 Å². The Labute approximate surface area is 118 Å². The molecule has 0 saturated carbocycles. The molecule has 1 nitrogen and oxygen atoms in total. The summed E-state index contributed by atoms with van der Waals surface area (Å²) in [5.41, 5.74) is 2.41. The summed E-state index contributed by atoms with van der Waals surface area (Å²) in [5, 5.41) is 11.3. The lowest BCUT2D eigenvalue weighted by molar-refractivity contribution is 0.138. The Morgan fingerprint density at radius 3 is 2.72 bits per heavy atom. The lowest BCUT2D eigenvalue weighted by atomic mass is 9.75. The Bertz CT molecular complexity index is 477. The molecule has 1 aromatic carbocycles. The summed E-state index contributed by atoms with van der Waals surface area (Å²) in [4.78, 5) is 0. The van der Waals surface area contributed by atoms with Crippen LogP contribution in [0.5, 0.6) is 0 Å². The smallest absolute Gasteiger partial charge is 0.0728 e. The second kappa shape index (κ2) is 5.24. The fourth-order valence-electron chi connectivity index (χ4n) is 2.69. The average Bonchev–Trinajstić information content (AvgIpc) is 2.20. The Morgan fingerprint density at radius 2 is 2.06 bits per heavy atom. The van der Waals surface area contributed by atoms with E-state index in [4.69, 9.17) is 23.2 Å². The van der Waals surface area contributed by atoms with Crippen LogP contribution in [0.4, 0.5) is 0 Å². The molecule has 0 radical (unpaired) electrons. The van der Waals surface area contributed by atoms with Crippen molar-refractivity contribution in [1.82, 2.24) is 0 Å². The molecule has 3 heteroatoms. The van der Waals surface area contributed by atoms with Crippen LogP contribution in [-0.2, 0) is 6.42 Å². The molecule has 0 amide bonds. The summed E-state index contributed by atoms with van der Waals surface area (Å²) < 4.78 is 0. The van der Waals surface area contributed by atoms with Gasteiger partial charge in [-0.15, -0.1) is 0 Å². The van der Waals surface area contributed by atoms with Gasteiger partial charge in [-0.05, 0) is 48.4 Å². The number of benzene rings is 1. The van der Waals surface area contributed by atoms with Gasteiger partial charge < -0.3 is 5.11 Å². The maximum Gasteiger partial charge on any atom is 0.0728 e. The Kier molecular flexibility index (Phi) is 4.05. The van der Waals surface area contributed by atoms with Crippen molar-refractivity contribution in [1.29, 1.82) is 0 Å². The van der Waals surface area contributed by atoms with Crippen molar-refractivity contribution in [2.24, 2.45) is 5.41 Å². The van der Waals surface area contributed by atoms with Crippen molar-refractivity contribution in [3.05, 3.63) is 45.5 Å². The van der Waals surface area contributed by atoms with Gasteiger partial charge >= 0.3 is 0 Å². The SMILES string of the molecule is CC1(C)CC(Cc2cc(Cl)ccc2Cl)=CC(O)C1. The number of hydrogen-bond donors (Lipinski definition) is 1. The molecule has 98 valence electrons. The third kappa shape index (κ3) is 3.50. The first kappa shape index (κ1) is 13.9. The summed E-state index contributed by atoms with van der Waals surface area (Å²) >= 11 is 12.2.